The molecule has 25 heavy (non-hydrogen) atoms. The molecule has 0 aromatic heterocycles. The monoisotopic (exact) mass is 352 g/mol. The molecule has 0 unspecified atom stereocenters. The molecular weight excluding hydrogens is 321 g/mol. The van der Waals surface area contributed by atoms with Crippen LogP contribution in [0.2, 0.25) is 0 Å². The van der Waals surface area contributed by atoms with Gasteiger partial charge in [-0.25, -0.2) is 13.2 Å². The van der Waals surface area contributed by atoms with Crippen molar-refractivity contribution in [2.45, 2.75) is 83.5 Å². The van der Waals surface area contributed by atoms with E-state index in [2.05, 4.69) is 6.92 Å². The van der Waals surface area contributed by atoms with Crippen molar-refractivity contribution >= 4 is 0 Å². The predicted octanol–water partition coefficient (Wildman–Crippen LogP) is 7.37. The van der Waals surface area contributed by atoms with E-state index < -0.39 is 17.5 Å². The van der Waals surface area contributed by atoms with Gasteiger partial charge in [-0.1, -0.05) is 39.0 Å². The van der Waals surface area contributed by atoms with Crippen LogP contribution in [0.3, 0.4) is 0 Å². The normalized spacial score (nSPS) is 30.4. The average molecular weight is 352 g/mol. The summed E-state index contributed by atoms with van der Waals surface area (Å²) in [5, 5.41) is 0. The Kier molecular flexibility index (Phi) is 6.46. The third-order valence-electron chi connectivity index (χ3n) is 6.77. The maximum atomic E-state index is 13.5. The van der Waals surface area contributed by atoms with Crippen LogP contribution in [-0.4, -0.2) is 0 Å². The van der Waals surface area contributed by atoms with Crippen LogP contribution in [0.15, 0.2) is 12.1 Å². The fourth-order valence-electron chi connectivity index (χ4n) is 5.18. The maximum Gasteiger partial charge on any atom is 0.194 e. The lowest BCUT2D eigenvalue weighted by atomic mass is 9.68. The Balaban J connectivity index is 1.49. The molecule has 3 heteroatoms. The summed E-state index contributed by atoms with van der Waals surface area (Å²) in [5.74, 6) is -0.708. The molecule has 2 aliphatic rings. The van der Waals surface area contributed by atoms with Crippen molar-refractivity contribution in [1.82, 2.24) is 0 Å². The highest BCUT2D eigenvalue weighted by molar-refractivity contribution is 5.23. The van der Waals surface area contributed by atoms with Gasteiger partial charge in [0.2, 0.25) is 0 Å². The second-order valence-electron chi connectivity index (χ2n) is 8.33. The molecular formula is C22H31F3. The minimum Gasteiger partial charge on any atom is -0.204 e. The Labute approximate surface area is 150 Å². The Morgan fingerprint density at radius 2 is 1.32 bits per heavy atom. The highest BCUT2D eigenvalue weighted by Gasteiger charge is 2.31. The van der Waals surface area contributed by atoms with Gasteiger partial charge in [0.05, 0.1) is 0 Å². The van der Waals surface area contributed by atoms with Gasteiger partial charge in [0.25, 0.3) is 0 Å². The summed E-state index contributed by atoms with van der Waals surface area (Å²) >= 11 is 0. The summed E-state index contributed by atoms with van der Waals surface area (Å²) in [6.45, 7) is 2.27. The van der Waals surface area contributed by atoms with Gasteiger partial charge in [-0.3, -0.25) is 0 Å². The first-order valence-electron chi connectivity index (χ1n) is 10.2. The van der Waals surface area contributed by atoms with Crippen molar-refractivity contribution < 1.29 is 13.2 Å². The number of unbranched alkanes of at least 4 members (excludes halogenated alkanes) is 1. The van der Waals surface area contributed by atoms with Gasteiger partial charge >= 0.3 is 0 Å². The van der Waals surface area contributed by atoms with E-state index in [0.29, 0.717) is 5.56 Å². The lowest BCUT2D eigenvalue weighted by molar-refractivity contribution is 0.155. The van der Waals surface area contributed by atoms with E-state index >= 15 is 0 Å². The van der Waals surface area contributed by atoms with Crippen molar-refractivity contribution in [3.63, 3.8) is 0 Å². The lowest BCUT2D eigenvalue weighted by Crippen LogP contribution is -2.25. The molecule has 0 atom stereocenters. The fourth-order valence-corrected chi connectivity index (χ4v) is 5.18. The summed E-state index contributed by atoms with van der Waals surface area (Å²) < 4.78 is 40.1. The molecule has 1 aromatic carbocycles. The van der Waals surface area contributed by atoms with Crippen molar-refractivity contribution in [2.24, 2.45) is 17.8 Å². The number of hydrogen-bond donors (Lipinski definition) is 0. The molecule has 0 heterocycles. The zero-order valence-electron chi connectivity index (χ0n) is 15.4. The SMILES string of the molecule is CCCC[C@H]1CC[C@H](C2CCC(c3cc(F)c(F)c(F)c3)CC2)CC1. The number of hydrogen-bond acceptors (Lipinski definition) is 0. The molecule has 0 N–H and O–H groups in total. The first-order valence-corrected chi connectivity index (χ1v) is 10.2. The quantitative estimate of drug-likeness (QED) is 0.485. The van der Waals surface area contributed by atoms with Crippen molar-refractivity contribution in [1.29, 1.82) is 0 Å². The van der Waals surface area contributed by atoms with Gasteiger partial charge in [-0.05, 0) is 79.9 Å². The predicted molar refractivity (Wildman–Crippen MR) is 96.0 cm³/mol. The summed E-state index contributed by atoms with van der Waals surface area (Å²) in [6, 6.07) is 2.39. The minimum atomic E-state index is -1.35. The standard InChI is InChI=1S/C22H31F3/c1-2-3-4-15-5-7-16(8-6-15)17-9-11-18(12-10-17)19-13-20(23)22(25)21(24)14-19/h13-18H,2-12H2,1H3/t15-,16-,17?,18?. The van der Waals surface area contributed by atoms with Gasteiger partial charge in [0, 0.05) is 0 Å². The van der Waals surface area contributed by atoms with Gasteiger partial charge in [-0.15, -0.1) is 0 Å². The smallest absolute Gasteiger partial charge is 0.194 e. The molecule has 2 saturated carbocycles. The van der Waals surface area contributed by atoms with Crippen LogP contribution in [0.25, 0.3) is 0 Å². The molecule has 0 bridgehead atoms. The molecule has 0 aliphatic heterocycles. The third-order valence-corrected chi connectivity index (χ3v) is 6.77. The Hall–Kier alpha value is -0.990. The van der Waals surface area contributed by atoms with E-state index in [1.54, 1.807) is 0 Å². The van der Waals surface area contributed by atoms with E-state index in [0.717, 1.165) is 43.4 Å². The molecule has 140 valence electrons. The van der Waals surface area contributed by atoms with Crippen LogP contribution in [-0.2, 0) is 0 Å². The first-order chi connectivity index (χ1) is 12.1. The van der Waals surface area contributed by atoms with Crippen LogP contribution in [0, 0.1) is 35.2 Å². The number of rotatable bonds is 5. The van der Waals surface area contributed by atoms with Crippen molar-refractivity contribution in [3.05, 3.63) is 35.1 Å². The molecule has 0 nitrogen and oxygen atoms in total. The lowest BCUT2D eigenvalue weighted by Gasteiger charge is -2.38. The second-order valence-corrected chi connectivity index (χ2v) is 8.33. The van der Waals surface area contributed by atoms with E-state index in [-0.39, 0.29) is 5.92 Å². The molecule has 0 amide bonds. The van der Waals surface area contributed by atoms with Gasteiger partial charge in [0.1, 0.15) is 0 Å². The Morgan fingerprint density at radius 1 is 0.800 bits per heavy atom. The Morgan fingerprint density at radius 3 is 1.84 bits per heavy atom. The van der Waals surface area contributed by atoms with Crippen LogP contribution in [0.4, 0.5) is 13.2 Å². The van der Waals surface area contributed by atoms with Gasteiger partial charge in [-0.2, -0.15) is 0 Å². The summed E-state index contributed by atoms with van der Waals surface area (Å²) in [6.07, 6.45) is 13.8. The summed E-state index contributed by atoms with van der Waals surface area (Å²) in [7, 11) is 0. The van der Waals surface area contributed by atoms with Crippen LogP contribution < -0.4 is 0 Å². The van der Waals surface area contributed by atoms with E-state index in [9.17, 15) is 13.2 Å². The second kappa shape index (κ2) is 8.60. The molecule has 0 radical (unpaired) electrons. The minimum absolute atomic E-state index is 0.182. The molecule has 0 saturated heterocycles. The first kappa shape index (κ1) is 18.8. The average Bonchev–Trinajstić information content (AvgIpc) is 2.64. The fraction of sp³-hybridized carbons (Fsp3) is 0.727. The van der Waals surface area contributed by atoms with Crippen molar-refractivity contribution in [2.75, 3.05) is 0 Å². The van der Waals surface area contributed by atoms with E-state index in [1.807, 2.05) is 0 Å². The molecule has 1 aromatic rings. The maximum absolute atomic E-state index is 13.5. The Bertz CT molecular complexity index is 529. The largest absolute Gasteiger partial charge is 0.204 e. The van der Waals surface area contributed by atoms with E-state index in [4.69, 9.17) is 0 Å². The van der Waals surface area contributed by atoms with Crippen LogP contribution >= 0.6 is 0 Å². The number of benzene rings is 1. The van der Waals surface area contributed by atoms with Gasteiger partial charge in [0.15, 0.2) is 17.5 Å². The highest BCUT2D eigenvalue weighted by atomic mass is 19.2. The zero-order valence-corrected chi connectivity index (χ0v) is 15.4. The summed E-state index contributed by atoms with van der Waals surface area (Å²) in [4.78, 5) is 0. The summed E-state index contributed by atoms with van der Waals surface area (Å²) in [5.41, 5.74) is 0.637. The highest BCUT2D eigenvalue weighted by Crippen LogP contribution is 2.44. The molecule has 2 fully saturated rings. The molecule has 0 spiro atoms. The van der Waals surface area contributed by atoms with Crippen molar-refractivity contribution in [3.8, 4) is 0 Å². The topological polar surface area (TPSA) is 0 Å². The van der Waals surface area contributed by atoms with Crippen LogP contribution in [0.1, 0.15) is 89.0 Å². The molecule has 2 aliphatic carbocycles. The number of halogens is 3. The zero-order chi connectivity index (χ0) is 17.8. The van der Waals surface area contributed by atoms with E-state index in [1.165, 1.54) is 57.1 Å². The molecule has 3 rings (SSSR count). The van der Waals surface area contributed by atoms with Crippen LogP contribution in [0.5, 0.6) is 0 Å². The third kappa shape index (κ3) is 4.60. The van der Waals surface area contributed by atoms with Gasteiger partial charge < -0.3 is 0 Å².